The number of fused-ring (bicyclic) bond motifs is 1. The minimum Gasteiger partial charge on any atom is -0.493 e. The number of benzene rings is 3. The van der Waals surface area contributed by atoms with E-state index in [-0.39, 0.29) is 30.9 Å². The molecule has 4 aromatic rings. The van der Waals surface area contributed by atoms with Gasteiger partial charge in [0.25, 0.3) is 0 Å². The number of aromatic nitrogens is 1. The molecule has 0 fully saturated rings. The number of hydrogen-bond donors (Lipinski definition) is 1. The van der Waals surface area contributed by atoms with Crippen LogP contribution in [0, 0.1) is 26.6 Å². The van der Waals surface area contributed by atoms with Gasteiger partial charge in [0.2, 0.25) is 0 Å². The zero-order valence-corrected chi connectivity index (χ0v) is 21.7. The van der Waals surface area contributed by atoms with Gasteiger partial charge in [-0.3, -0.25) is 14.6 Å². The van der Waals surface area contributed by atoms with Crippen molar-refractivity contribution in [2.24, 2.45) is 0 Å². The summed E-state index contributed by atoms with van der Waals surface area (Å²) in [5, 5.41) is 9.61. The van der Waals surface area contributed by atoms with Crippen molar-refractivity contribution in [2.75, 3.05) is 6.61 Å². The number of hydrogen-bond acceptors (Lipinski definition) is 5. The van der Waals surface area contributed by atoms with Crippen molar-refractivity contribution in [1.29, 1.82) is 0 Å². The average Bonchev–Trinajstić information content (AvgIpc) is 2.86. The highest BCUT2D eigenvalue weighted by Crippen LogP contribution is 2.33. The van der Waals surface area contributed by atoms with Crippen LogP contribution in [0.25, 0.3) is 10.9 Å². The van der Waals surface area contributed by atoms with Crippen molar-refractivity contribution in [3.05, 3.63) is 94.4 Å². The SMILES string of the molecule is Cc1ccc(F)c(CC(=O)Cc2ccc(Oc3ccnc4cc(OCCCC(=O)O)c(C)cc34)cc2C)c1. The van der Waals surface area contributed by atoms with Crippen LogP contribution in [-0.2, 0) is 22.4 Å². The Bertz CT molecular complexity index is 1500. The molecule has 0 atom stereocenters. The van der Waals surface area contributed by atoms with Gasteiger partial charge in [-0.2, -0.15) is 0 Å². The molecule has 1 N–H and O–H groups in total. The summed E-state index contributed by atoms with van der Waals surface area (Å²) in [6, 6.07) is 15.9. The summed E-state index contributed by atoms with van der Waals surface area (Å²) in [7, 11) is 0. The number of carboxylic acids is 1. The van der Waals surface area contributed by atoms with Crippen molar-refractivity contribution in [1.82, 2.24) is 4.98 Å². The molecule has 0 radical (unpaired) electrons. The average molecular weight is 516 g/mol. The molecule has 0 saturated carbocycles. The quantitative estimate of drug-likeness (QED) is 0.224. The van der Waals surface area contributed by atoms with Crippen molar-refractivity contribution in [2.45, 2.75) is 46.5 Å². The number of Topliss-reactive ketones (excluding diaryl/α,β-unsaturated/α-hetero) is 1. The van der Waals surface area contributed by atoms with E-state index in [0.29, 0.717) is 41.4 Å². The third-order valence-corrected chi connectivity index (χ3v) is 6.31. The molecule has 38 heavy (non-hydrogen) atoms. The van der Waals surface area contributed by atoms with Gasteiger partial charge in [-0.1, -0.05) is 23.8 Å². The summed E-state index contributed by atoms with van der Waals surface area (Å²) in [6.07, 6.45) is 2.41. The molecule has 0 aliphatic rings. The summed E-state index contributed by atoms with van der Waals surface area (Å²) >= 11 is 0. The number of aryl methyl sites for hydroxylation is 3. The number of ketones is 1. The lowest BCUT2D eigenvalue weighted by Crippen LogP contribution is -2.09. The monoisotopic (exact) mass is 515 g/mol. The van der Waals surface area contributed by atoms with Gasteiger partial charge in [0, 0.05) is 36.9 Å². The lowest BCUT2D eigenvalue weighted by molar-refractivity contribution is -0.137. The Balaban J connectivity index is 1.46. The first-order valence-corrected chi connectivity index (χ1v) is 12.5. The van der Waals surface area contributed by atoms with Crippen LogP contribution in [0.4, 0.5) is 4.39 Å². The molecule has 1 aromatic heterocycles. The number of aliphatic carboxylic acids is 1. The van der Waals surface area contributed by atoms with E-state index in [2.05, 4.69) is 4.98 Å². The smallest absolute Gasteiger partial charge is 0.303 e. The van der Waals surface area contributed by atoms with Crippen LogP contribution >= 0.6 is 0 Å². The van der Waals surface area contributed by atoms with Crippen LogP contribution in [0.5, 0.6) is 17.2 Å². The lowest BCUT2D eigenvalue weighted by Gasteiger charge is -2.14. The van der Waals surface area contributed by atoms with E-state index in [1.807, 2.05) is 51.1 Å². The van der Waals surface area contributed by atoms with Crippen LogP contribution < -0.4 is 9.47 Å². The Morgan fingerprint density at radius 3 is 2.45 bits per heavy atom. The zero-order valence-electron chi connectivity index (χ0n) is 21.7. The highest BCUT2D eigenvalue weighted by molar-refractivity contribution is 5.87. The van der Waals surface area contributed by atoms with Gasteiger partial charge in [0.1, 0.15) is 28.8 Å². The maximum Gasteiger partial charge on any atom is 0.303 e. The maximum atomic E-state index is 14.1. The zero-order chi connectivity index (χ0) is 27.2. The highest BCUT2D eigenvalue weighted by Gasteiger charge is 2.13. The van der Waals surface area contributed by atoms with Crippen LogP contribution in [0.3, 0.4) is 0 Å². The standard InChI is InChI=1S/C31H30FNO5/c1-19-6-9-27(32)23(13-19)17-24(34)16-22-7-8-25(14-20(22)2)38-29-10-11-33-28-18-30(21(3)15-26(28)29)37-12-4-5-31(35)36/h6-11,13-15,18H,4-5,12,16-17H2,1-3H3,(H,35,36). The second kappa shape index (κ2) is 11.9. The Hall–Kier alpha value is -4.26. The van der Waals surface area contributed by atoms with Gasteiger partial charge in [-0.25, -0.2) is 4.39 Å². The lowest BCUT2D eigenvalue weighted by atomic mass is 9.98. The van der Waals surface area contributed by atoms with Crippen LogP contribution in [0.15, 0.2) is 60.8 Å². The summed E-state index contributed by atoms with van der Waals surface area (Å²) in [6.45, 7) is 6.02. The van der Waals surface area contributed by atoms with Crippen LogP contribution in [0.2, 0.25) is 0 Å². The third kappa shape index (κ3) is 6.73. The second-order valence-electron chi connectivity index (χ2n) is 9.47. The molecule has 4 rings (SSSR count). The molecule has 1 heterocycles. The number of nitrogens with zero attached hydrogens (tertiary/aromatic N) is 1. The fraction of sp³-hybridized carbons (Fsp3) is 0.258. The number of rotatable bonds is 11. The van der Waals surface area contributed by atoms with Crippen molar-refractivity contribution in [3.63, 3.8) is 0 Å². The van der Waals surface area contributed by atoms with E-state index in [1.165, 1.54) is 6.07 Å². The molecular weight excluding hydrogens is 485 g/mol. The van der Waals surface area contributed by atoms with Gasteiger partial charge in [-0.05, 0) is 79.8 Å². The first-order valence-electron chi connectivity index (χ1n) is 12.5. The molecule has 196 valence electrons. The predicted molar refractivity (Wildman–Crippen MR) is 144 cm³/mol. The van der Waals surface area contributed by atoms with E-state index in [1.54, 1.807) is 24.4 Å². The number of carboxylic acid groups (broad SMARTS) is 1. The van der Waals surface area contributed by atoms with Crippen LogP contribution in [0.1, 0.15) is 40.7 Å². The van der Waals surface area contributed by atoms with Crippen molar-refractivity contribution in [3.8, 4) is 17.2 Å². The molecular formula is C31H30FNO5. The molecule has 0 aliphatic heterocycles. The highest BCUT2D eigenvalue weighted by atomic mass is 19.1. The van der Waals surface area contributed by atoms with E-state index < -0.39 is 5.97 Å². The van der Waals surface area contributed by atoms with Gasteiger partial charge < -0.3 is 14.6 Å². The van der Waals surface area contributed by atoms with Crippen LogP contribution in [-0.4, -0.2) is 28.4 Å². The van der Waals surface area contributed by atoms with Gasteiger partial charge in [0.05, 0.1) is 12.1 Å². The number of carbonyl (C=O) groups excluding carboxylic acids is 1. The molecule has 0 saturated heterocycles. The largest absolute Gasteiger partial charge is 0.493 e. The Morgan fingerprint density at radius 1 is 0.895 bits per heavy atom. The molecule has 0 aliphatic carbocycles. The van der Waals surface area contributed by atoms with Gasteiger partial charge >= 0.3 is 5.97 Å². The fourth-order valence-corrected chi connectivity index (χ4v) is 4.29. The van der Waals surface area contributed by atoms with Crippen molar-refractivity contribution < 1.29 is 28.6 Å². The summed E-state index contributed by atoms with van der Waals surface area (Å²) in [5.74, 6) is 0.656. The summed E-state index contributed by atoms with van der Waals surface area (Å²) in [4.78, 5) is 27.8. The number of carbonyl (C=O) groups is 2. The fourth-order valence-electron chi connectivity index (χ4n) is 4.29. The molecule has 6 nitrogen and oxygen atoms in total. The molecule has 0 bridgehead atoms. The Labute approximate surface area is 221 Å². The van der Waals surface area contributed by atoms with E-state index >= 15 is 0 Å². The Morgan fingerprint density at radius 2 is 1.68 bits per heavy atom. The first kappa shape index (κ1) is 26.8. The molecule has 0 spiro atoms. The number of pyridine rings is 1. The van der Waals surface area contributed by atoms with E-state index in [0.717, 1.165) is 27.6 Å². The van der Waals surface area contributed by atoms with E-state index in [4.69, 9.17) is 14.6 Å². The minimum absolute atomic E-state index is 0.0529. The molecule has 0 amide bonds. The van der Waals surface area contributed by atoms with E-state index in [9.17, 15) is 14.0 Å². The molecule has 3 aromatic carbocycles. The number of halogens is 1. The third-order valence-electron chi connectivity index (χ3n) is 6.31. The normalized spacial score (nSPS) is 10.9. The topological polar surface area (TPSA) is 85.7 Å². The first-order chi connectivity index (χ1) is 18.2. The number of ether oxygens (including phenoxy) is 2. The van der Waals surface area contributed by atoms with Gasteiger partial charge in [-0.15, -0.1) is 0 Å². The minimum atomic E-state index is -0.847. The predicted octanol–water partition coefficient (Wildman–Crippen LogP) is 6.69. The maximum absolute atomic E-state index is 14.1. The second-order valence-corrected chi connectivity index (χ2v) is 9.47. The van der Waals surface area contributed by atoms with Crippen molar-refractivity contribution >= 4 is 22.7 Å². The van der Waals surface area contributed by atoms with Gasteiger partial charge in [0.15, 0.2) is 0 Å². The molecule has 7 heteroatoms. The summed E-state index contributed by atoms with van der Waals surface area (Å²) < 4.78 is 26.0. The molecule has 0 unspecified atom stereocenters. The summed E-state index contributed by atoms with van der Waals surface area (Å²) in [5.41, 5.74) is 4.71. The Kier molecular flexibility index (Phi) is 8.36.